The van der Waals surface area contributed by atoms with Gasteiger partial charge >= 0.3 is 0 Å². The van der Waals surface area contributed by atoms with Crippen molar-refractivity contribution in [1.29, 1.82) is 0 Å². The molecule has 1 aromatic carbocycles. The van der Waals surface area contributed by atoms with Gasteiger partial charge in [-0.3, -0.25) is 0 Å². The Morgan fingerprint density at radius 2 is 2.31 bits per heavy atom. The van der Waals surface area contributed by atoms with E-state index in [0.717, 1.165) is 16.3 Å². The summed E-state index contributed by atoms with van der Waals surface area (Å²) in [5.74, 6) is 0.464. The molecule has 0 fully saturated rings. The summed E-state index contributed by atoms with van der Waals surface area (Å²) in [6.07, 6.45) is 3.54. The van der Waals surface area contributed by atoms with Crippen molar-refractivity contribution >= 4 is 17.4 Å². The molecule has 16 heavy (non-hydrogen) atoms. The zero-order chi connectivity index (χ0) is 11.5. The number of imidazole rings is 1. The number of thioether (sulfide) groups is 1. The van der Waals surface area contributed by atoms with Crippen LogP contribution in [0.5, 0.6) is 0 Å². The molecule has 0 amide bonds. The zero-order valence-corrected chi connectivity index (χ0v) is 9.67. The van der Waals surface area contributed by atoms with E-state index in [4.69, 9.17) is 5.73 Å². The Labute approximate surface area is 97.5 Å². The fourth-order valence-corrected chi connectivity index (χ4v) is 2.32. The van der Waals surface area contributed by atoms with Crippen LogP contribution in [0.1, 0.15) is 5.69 Å². The van der Waals surface area contributed by atoms with Gasteiger partial charge < -0.3 is 10.3 Å². The van der Waals surface area contributed by atoms with Crippen LogP contribution >= 0.6 is 11.8 Å². The van der Waals surface area contributed by atoms with Gasteiger partial charge in [0.15, 0.2) is 0 Å². The van der Waals surface area contributed by atoms with Crippen molar-refractivity contribution in [2.24, 2.45) is 7.05 Å². The number of benzene rings is 1. The predicted molar refractivity (Wildman–Crippen MR) is 63.6 cm³/mol. The third-order valence-corrected chi connectivity index (χ3v) is 3.37. The fourth-order valence-electron chi connectivity index (χ4n) is 1.31. The fraction of sp³-hybridized carbons (Fsp3) is 0.182. The van der Waals surface area contributed by atoms with Crippen LogP contribution in [0.25, 0.3) is 0 Å². The molecule has 0 spiro atoms. The van der Waals surface area contributed by atoms with Gasteiger partial charge in [0.1, 0.15) is 5.82 Å². The van der Waals surface area contributed by atoms with E-state index in [-0.39, 0.29) is 5.82 Å². The van der Waals surface area contributed by atoms with Gasteiger partial charge in [-0.25, -0.2) is 9.37 Å². The molecule has 84 valence electrons. The monoisotopic (exact) mass is 237 g/mol. The molecule has 0 bridgehead atoms. The van der Waals surface area contributed by atoms with Crippen molar-refractivity contribution in [1.82, 2.24) is 9.55 Å². The summed E-state index contributed by atoms with van der Waals surface area (Å²) in [5, 5.41) is 0. The Bertz CT molecular complexity index is 496. The number of anilines is 1. The van der Waals surface area contributed by atoms with Gasteiger partial charge in [-0.15, -0.1) is 11.8 Å². The van der Waals surface area contributed by atoms with Crippen LogP contribution in [0.15, 0.2) is 35.6 Å². The number of aromatic nitrogens is 2. The summed E-state index contributed by atoms with van der Waals surface area (Å²) in [6, 6.07) is 4.40. The third-order valence-electron chi connectivity index (χ3n) is 2.27. The lowest BCUT2D eigenvalue weighted by atomic mass is 10.3. The lowest BCUT2D eigenvalue weighted by molar-refractivity contribution is 0.624. The van der Waals surface area contributed by atoms with Gasteiger partial charge in [-0.05, 0) is 18.2 Å². The first-order chi connectivity index (χ1) is 7.66. The van der Waals surface area contributed by atoms with Gasteiger partial charge in [0.05, 0.1) is 6.33 Å². The van der Waals surface area contributed by atoms with Gasteiger partial charge in [0, 0.05) is 35.3 Å². The summed E-state index contributed by atoms with van der Waals surface area (Å²) in [4.78, 5) is 4.78. The minimum atomic E-state index is -0.262. The van der Waals surface area contributed by atoms with Crippen LogP contribution in [0.4, 0.5) is 10.1 Å². The Morgan fingerprint density at radius 3 is 3.00 bits per heavy atom. The van der Waals surface area contributed by atoms with Crippen molar-refractivity contribution in [2.75, 3.05) is 5.73 Å². The highest BCUT2D eigenvalue weighted by atomic mass is 32.2. The molecule has 0 unspecified atom stereocenters. The first kappa shape index (κ1) is 11.0. The van der Waals surface area contributed by atoms with Crippen molar-refractivity contribution in [3.05, 3.63) is 42.2 Å². The number of nitrogens with two attached hydrogens (primary N) is 1. The highest BCUT2D eigenvalue weighted by Gasteiger charge is 2.04. The Hall–Kier alpha value is -1.49. The lowest BCUT2D eigenvalue weighted by Gasteiger charge is -2.05. The van der Waals surface area contributed by atoms with Crippen LogP contribution in [-0.2, 0) is 12.8 Å². The molecule has 2 aromatic rings. The summed E-state index contributed by atoms with van der Waals surface area (Å²) in [5.41, 5.74) is 7.44. The number of rotatable bonds is 3. The smallest absolute Gasteiger partial charge is 0.124 e. The first-order valence-electron chi connectivity index (χ1n) is 4.80. The SMILES string of the molecule is Cn1cncc1CSc1cc(F)ccc1N. The van der Waals surface area contributed by atoms with E-state index in [1.807, 2.05) is 11.6 Å². The molecule has 2 N–H and O–H groups in total. The molecule has 1 aromatic heterocycles. The molecule has 0 aliphatic carbocycles. The maximum atomic E-state index is 13.0. The van der Waals surface area contributed by atoms with Crippen molar-refractivity contribution < 1.29 is 4.39 Å². The molecule has 0 saturated heterocycles. The van der Waals surface area contributed by atoms with E-state index in [1.54, 1.807) is 18.6 Å². The van der Waals surface area contributed by atoms with Crippen LogP contribution in [-0.4, -0.2) is 9.55 Å². The second kappa shape index (κ2) is 4.57. The number of hydrogen-bond acceptors (Lipinski definition) is 3. The molecular formula is C11H12FN3S. The minimum absolute atomic E-state index is 0.262. The summed E-state index contributed by atoms with van der Waals surface area (Å²) < 4.78 is 14.9. The lowest BCUT2D eigenvalue weighted by Crippen LogP contribution is -1.94. The van der Waals surface area contributed by atoms with E-state index in [1.165, 1.54) is 23.9 Å². The normalized spacial score (nSPS) is 10.6. The van der Waals surface area contributed by atoms with Crippen molar-refractivity contribution in [3.8, 4) is 0 Å². The number of hydrogen-bond donors (Lipinski definition) is 1. The van der Waals surface area contributed by atoms with Crippen LogP contribution in [0, 0.1) is 5.82 Å². The Balaban J connectivity index is 2.10. The van der Waals surface area contributed by atoms with Gasteiger partial charge in [-0.2, -0.15) is 0 Å². The van der Waals surface area contributed by atoms with E-state index < -0.39 is 0 Å². The Kier molecular flexibility index (Phi) is 3.14. The molecule has 0 aliphatic rings. The van der Waals surface area contributed by atoms with Crippen LogP contribution < -0.4 is 5.73 Å². The molecule has 0 radical (unpaired) electrons. The quantitative estimate of drug-likeness (QED) is 0.658. The topological polar surface area (TPSA) is 43.8 Å². The molecule has 2 rings (SSSR count). The van der Waals surface area contributed by atoms with Gasteiger partial charge in [0.2, 0.25) is 0 Å². The van der Waals surface area contributed by atoms with Gasteiger partial charge in [0.25, 0.3) is 0 Å². The summed E-state index contributed by atoms with van der Waals surface area (Å²) in [7, 11) is 1.93. The van der Waals surface area contributed by atoms with E-state index in [9.17, 15) is 4.39 Å². The average molecular weight is 237 g/mol. The molecule has 0 atom stereocenters. The number of nitrogen functional groups attached to an aromatic ring is 1. The second-order valence-electron chi connectivity index (χ2n) is 3.47. The number of nitrogens with zero attached hydrogens (tertiary/aromatic N) is 2. The second-order valence-corrected chi connectivity index (χ2v) is 4.48. The van der Waals surface area contributed by atoms with E-state index in [0.29, 0.717) is 5.69 Å². The molecular weight excluding hydrogens is 225 g/mol. The third kappa shape index (κ3) is 2.36. The minimum Gasteiger partial charge on any atom is -0.398 e. The standard InChI is InChI=1S/C11H12FN3S/c1-15-7-14-5-9(15)6-16-11-4-8(12)2-3-10(11)13/h2-5,7H,6,13H2,1H3. The zero-order valence-electron chi connectivity index (χ0n) is 8.85. The summed E-state index contributed by atoms with van der Waals surface area (Å²) >= 11 is 1.51. The highest BCUT2D eigenvalue weighted by molar-refractivity contribution is 7.98. The maximum absolute atomic E-state index is 13.0. The summed E-state index contributed by atoms with van der Waals surface area (Å²) in [6.45, 7) is 0. The van der Waals surface area contributed by atoms with E-state index >= 15 is 0 Å². The molecule has 0 saturated carbocycles. The molecule has 1 heterocycles. The first-order valence-corrected chi connectivity index (χ1v) is 5.78. The molecule has 0 aliphatic heterocycles. The predicted octanol–water partition coefficient (Wildman–Crippen LogP) is 2.43. The van der Waals surface area contributed by atoms with Crippen molar-refractivity contribution in [2.45, 2.75) is 10.6 Å². The van der Waals surface area contributed by atoms with Crippen molar-refractivity contribution in [3.63, 3.8) is 0 Å². The Morgan fingerprint density at radius 1 is 1.50 bits per heavy atom. The largest absolute Gasteiger partial charge is 0.398 e. The van der Waals surface area contributed by atoms with Gasteiger partial charge in [-0.1, -0.05) is 0 Å². The van der Waals surface area contributed by atoms with Crippen LogP contribution in [0.2, 0.25) is 0 Å². The van der Waals surface area contributed by atoms with E-state index in [2.05, 4.69) is 4.98 Å². The maximum Gasteiger partial charge on any atom is 0.124 e. The average Bonchev–Trinajstić information content (AvgIpc) is 2.66. The molecule has 3 nitrogen and oxygen atoms in total. The molecule has 5 heteroatoms. The highest BCUT2D eigenvalue weighted by Crippen LogP contribution is 2.28. The van der Waals surface area contributed by atoms with Crippen LogP contribution in [0.3, 0.4) is 0 Å². The number of halogens is 1. The number of aryl methyl sites for hydroxylation is 1.